The summed E-state index contributed by atoms with van der Waals surface area (Å²) in [6.45, 7) is 0. The van der Waals surface area contributed by atoms with Crippen molar-refractivity contribution in [3.05, 3.63) is 18.3 Å². The molecule has 2 aromatic rings. The Morgan fingerprint density at radius 3 is 3.06 bits per heavy atom. The summed E-state index contributed by atoms with van der Waals surface area (Å²) < 4.78 is 5.21. The molecule has 3 rings (SSSR count). The molecule has 2 heterocycles. The first kappa shape index (κ1) is 11.4. The van der Waals surface area contributed by atoms with Gasteiger partial charge < -0.3 is 14.6 Å². The highest BCUT2D eigenvalue weighted by molar-refractivity contribution is 5.40. The van der Waals surface area contributed by atoms with Crippen molar-refractivity contribution in [1.29, 1.82) is 0 Å². The van der Waals surface area contributed by atoms with Crippen LogP contribution in [0.2, 0.25) is 0 Å². The highest BCUT2D eigenvalue weighted by Crippen LogP contribution is 2.27. The largest absolute Gasteiger partial charge is 0.393 e. The second-order valence-corrected chi connectivity index (χ2v) is 4.77. The summed E-state index contributed by atoms with van der Waals surface area (Å²) in [6, 6.07) is 0. The van der Waals surface area contributed by atoms with Crippen LogP contribution >= 0.6 is 0 Å². The maximum absolute atomic E-state index is 9.91. The standard InChI is InChI=1S/C12H16N4O2/c17-9-4-2-1-3-8(9)7-10-15-12(16-18-10)11-13-5-6-14-11/h5-6,8-9,17H,1-4,7H2,(H,13,14). The molecule has 2 atom stereocenters. The number of nitrogens with one attached hydrogen (secondary N) is 1. The normalized spacial score (nSPS) is 24.3. The molecule has 18 heavy (non-hydrogen) atoms. The molecule has 0 amide bonds. The fourth-order valence-corrected chi connectivity index (χ4v) is 2.47. The molecule has 0 saturated heterocycles. The predicted molar refractivity (Wildman–Crippen MR) is 63.5 cm³/mol. The molecule has 2 aromatic heterocycles. The monoisotopic (exact) mass is 248 g/mol. The van der Waals surface area contributed by atoms with E-state index < -0.39 is 0 Å². The minimum atomic E-state index is -0.238. The lowest BCUT2D eigenvalue weighted by atomic mass is 9.84. The Morgan fingerprint density at radius 1 is 1.39 bits per heavy atom. The molecule has 0 aromatic carbocycles. The highest BCUT2D eigenvalue weighted by Gasteiger charge is 2.25. The van der Waals surface area contributed by atoms with Crippen LogP contribution in [-0.4, -0.2) is 31.3 Å². The van der Waals surface area contributed by atoms with Crippen molar-refractivity contribution in [2.24, 2.45) is 5.92 Å². The third-order valence-electron chi connectivity index (χ3n) is 3.48. The first-order valence-corrected chi connectivity index (χ1v) is 6.33. The topological polar surface area (TPSA) is 87.8 Å². The summed E-state index contributed by atoms with van der Waals surface area (Å²) in [7, 11) is 0. The van der Waals surface area contributed by atoms with Crippen LogP contribution in [-0.2, 0) is 6.42 Å². The molecule has 1 saturated carbocycles. The van der Waals surface area contributed by atoms with Gasteiger partial charge in [0.1, 0.15) is 0 Å². The molecular weight excluding hydrogens is 232 g/mol. The van der Waals surface area contributed by atoms with Crippen LogP contribution in [0.25, 0.3) is 11.6 Å². The van der Waals surface area contributed by atoms with Gasteiger partial charge in [-0.05, 0) is 18.8 Å². The van der Waals surface area contributed by atoms with Crippen LogP contribution in [0.4, 0.5) is 0 Å². The van der Waals surface area contributed by atoms with Crippen LogP contribution in [0, 0.1) is 5.92 Å². The Morgan fingerprint density at radius 2 is 2.28 bits per heavy atom. The Kier molecular flexibility index (Phi) is 3.10. The number of hydrogen-bond donors (Lipinski definition) is 2. The number of aliphatic hydroxyl groups excluding tert-OH is 1. The SMILES string of the molecule is OC1CCCCC1Cc1nc(-c2ncc[nH]2)no1. The average molecular weight is 248 g/mol. The van der Waals surface area contributed by atoms with Gasteiger partial charge >= 0.3 is 0 Å². The van der Waals surface area contributed by atoms with Gasteiger partial charge in [0.05, 0.1) is 6.10 Å². The lowest BCUT2D eigenvalue weighted by Gasteiger charge is -2.26. The van der Waals surface area contributed by atoms with Gasteiger partial charge in [-0.15, -0.1) is 0 Å². The number of nitrogens with zero attached hydrogens (tertiary/aromatic N) is 3. The van der Waals surface area contributed by atoms with Crippen molar-refractivity contribution in [1.82, 2.24) is 20.1 Å². The summed E-state index contributed by atoms with van der Waals surface area (Å²) in [6.07, 6.45) is 7.96. The van der Waals surface area contributed by atoms with Crippen molar-refractivity contribution >= 4 is 0 Å². The van der Waals surface area contributed by atoms with Gasteiger partial charge in [0.25, 0.3) is 0 Å². The van der Waals surface area contributed by atoms with Crippen molar-refractivity contribution in [3.63, 3.8) is 0 Å². The Hall–Kier alpha value is -1.69. The zero-order chi connectivity index (χ0) is 12.4. The van der Waals surface area contributed by atoms with Crippen molar-refractivity contribution in [2.75, 3.05) is 0 Å². The van der Waals surface area contributed by atoms with Gasteiger partial charge in [0.2, 0.25) is 11.7 Å². The second kappa shape index (κ2) is 4.89. The zero-order valence-electron chi connectivity index (χ0n) is 10.0. The van der Waals surface area contributed by atoms with Crippen molar-refractivity contribution in [3.8, 4) is 11.6 Å². The van der Waals surface area contributed by atoms with Crippen LogP contribution in [0.1, 0.15) is 31.6 Å². The summed E-state index contributed by atoms with van der Waals surface area (Å²) in [4.78, 5) is 11.3. The van der Waals surface area contributed by atoms with E-state index in [9.17, 15) is 5.11 Å². The minimum Gasteiger partial charge on any atom is -0.393 e. The molecule has 96 valence electrons. The van der Waals surface area contributed by atoms with Gasteiger partial charge in [0.15, 0.2) is 5.82 Å². The number of aromatic nitrogens is 4. The molecule has 1 fully saturated rings. The van der Waals surface area contributed by atoms with Gasteiger partial charge in [-0.2, -0.15) is 4.98 Å². The molecule has 2 unspecified atom stereocenters. The van der Waals surface area contributed by atoms with E-state index in [4.69, 9.17) is 4.52 Å². The first-order chi connectivity index (χ1) is 8.83. The van der Waals surface area contributed by atoms with E-state index in [1.807, 2.05) is 0 Å². The van der Waals surface area contributed by atoms with E-state index in [1.165, 1.54) is 6.42 Å². The summed E-state index contributed by atoms with van der Waals surface area (Å²) in [5, 5.41) is 13.8. The van der Waals surface area contributed by atoms with E-state index >= 15 is 0 Å². The number of hydrogen-bond acceptors (Lipinski definition) is 5. The van der Waals surface area contributed by atoms with E-state index in [0.29, 0.717) is 24.0 Å². The van der Waals surface area contributed by atoms with Crippen molar-refractivity contribution < 1.29 is 9.63 Å². The lowest BCUT2D eigenvalue weighted by Crippen LogP contribution is -2.26. The number of aromatic amines is 1. The van der Waals surface area contributed by atoms with E-state index in [-0.39, 0.29) is 12.0 Å². The molecule has 0 radical (unpaired) electrons. The molecule has 1 aliphatic carbocycles. The van der Waals surface area contributed by atoms with E-state index in [2.05, 4.69) is 20.1 Å². The van der Waals surface area contributed by atoms with Gasteiger partial charge in [-0.25, -0.2) is 4.98 Å². The predicted octanol–water partition coefficient (Wildman–Crippen LogP) is 1.55. The van der Waals surface area contributed by atoms with E-state index in [1.54, 1.807) is 12.4 Å². The van der Waals surface area contributed by atoms with Crippen LogP contribution in [0.5, 0.6) is 0 Å². The Labute approximate surface area is 104 Å². The van der Waals surface area contributed by atoms with Gasteiger partial charge in [-0.1, -0.05) is 18.0 Å². The number of H-pyrrole nitrogens is 1. The van der Waals surface area contributed by atoms with Gasteiger partial charge in [0, 0.05) is 18.8 Å². The number of rotatable bonds is 3. The molecule has 6 heteroatoms. The van der Waals surface area contributed by atoms with Crippen LogP contribution in [0.3, 0.4) is 0 Å². The van der Waals surface area contributed by atoms with E-state index in [0.717, 1.165) is 19.3 Å². The van der Waals surface area contributed by atoms with Crippen LogP contribution in [0.15, 0.2) is 16.9 Å². The first-order valence-electron chi connectivity index (χ1n) is 6.33. The molecular formula is C12H16N4O2. The quantitative estimate of drug-likeness (QED) is 0.860. The zero-order valence-corrected chi connectivity index (χ0v) is 10.0. The van der Waals surface area contributed by atoms with Crippen LogP contribution < -0.4 is 0 Å². The molecule has 6 nitrogen and oxygen atoms in total. The summed E-state index contributed by atoms with van der Waals surface area (Å²) in [5.74, 6) is 1.89. The third-order valence-corrected chi connectivity index (χ3v) is 3.48. The summed E-state index contributed by atoms with van der Waals surface area (Å²) >= 11 is 0. The molecule has 0 bridgehead atoms. The number of aliphatic hydroxyl groups is 1. The Bertz CT molecular complexity index is 494. The molecule has 0 spiro atoms. The maximum Gasteiger partial charge on any atom is 0.238 e. The fraction of sp³-hybridized carbons (Fsp3) is 0.583. The van der Waals surface area contributed by atoms with Crippen molar-refractivity contribution in [2.45, 2.75) is 38.2 Å². The fourth-order valence-electron chi connectivity index (χ4n) is 2.47. The number of imidazole rings is 1. The lowest BCUT2D eigenvalue weighted by molar-refractivity contribution is 0.0657. The summed E-state index contributed by atoms with van der Waals surface area (Å²) in [5.41, 5.74) is 0. The maximum atomic E-state index is 9.91. The smallest absolute Gasteiger partial charge is 0.238 e. The van der Waals surface area contributed by atoms with Gasteiger partial charge in [-0.3, -0.25) is 0 Å². The Balaban J connectivity index is 1.70. The average Bonchev–Trinajstić information content (AvgIpc) is 3.02. The molecule has 2 N–H and O–H groups in total. The minimum absolute atomic E-state index is 0.238. The second-order valence-electron chi connectivity index (χ2n) is 4.77. The highest BCUT2D eigenvalue weighted by atomic mass is 16.5. The molecule has 1 aliphatic rings. The third kappa shape index (κ3) is 2.28. The molecule has 0 aliphatic heterocycles.